The third kappa shape index (κ3) is 2.46. The first-order valence-electron chi connectivity index (χ1n) is 6.26. The number of hydrogen-bond donors (Lipinski definition) is 1. The van der Waals surface area contributed by atoms with Crippen LogP contribution in [0, 0.1) is 5.82 Å². The first-order valence-corrected chi connectivity index (χ1v) is 6.26. The van der Waals surface area contributed by atoms with E-state index in [2.05, 4.69) is 23.7 Å². The SMILES string of the molecule is CCN(CC)CCn1c(=O)[nH]c2cc(F)ccc21. The third-order valence-corrected chi connectivity index (χ3v) is 3.27. The summed E-state index contributed by atoms with van der Waals surface area (Å²) in [5.74, 6) is -0.334. The summed E-state index contributed by atoms with van der Waals surface area (Å²) in [5, 5.41) is 0. The van der Waals surface area contributed by atoms with Gasteiger partial charge in [0.25, 0.3) is 0 Å². The Labute approximate surface area is 105 Å². The molecule has 1 aromatic carbocycles. The van der Waals surface area contributed by atoms with Crippen LogP contribution in [0.5, 0.6) is 0 Å². The second-order valence-electron chi connectivity index (χ2n) is 4.27. The van der Waals surface area contributed by atoms with Gasteiger partial charge < -0.3 is 9.88 Å². The van der Waals surface area contributed by atoms with E-state index in [1.54, 1.807) is 10.6 Å². The second kappa shape index (κ2) is 5.35. The molecule has 0 atom stereocenters. The predicted molar refractivity (Wildman–Crippen MR) is 70.3 cm³/mol. The Morgan fingerprint density at radius 2 is 2.06 bits per heavy atom. The van der Waals surface area contributed by atoms with Crippen molar-refractivity contribution < 1.29 is 4.39 Å². The van der Waals surface area contributed by atoms with Crippen molar-refractivity contribution in [3.63, 3.8) is 0 Å². The highest BCUT2D eigenvalue weighted by Gasteiger charge is 2.08. The van der Waals surface area contributed by atoms with E-state index in [-0.39, 0.29) is 11.5 Å². The highest BCUT2D eigenvalue weighted by Crippen LogP contribution is 2.11. The lowest BCUT2D eigenvalue weighted by Gasteiger charge is -2.17. The molecule has 0 aliphatic carbocycles. The number of hydrogen-bond acceptors (Lipinski definition) is 2. The molecule has 18 heavy (non-hydrogen) atoms. The molecule has 0 fully saturated rings. The van der Waals surface area contributed by atoms with E-state index in [0.29, 0.717) is 12.1 Å². The number of imidazole rings is 1. The molecule has 4 nitrogen and oxygen atoms in total. The summed E-state index contributed by atoms with van der Waals surface area (Å²) in [7, 11) is 0. The van der Waals surface area contributed by atoms with E-state index in [1.807, 2.05) is 0 Å². The van der Waals surface area contributed by atoms with Gasteiger partial charge in [0.1, 0.15) is 5.82 Å². The maximum absolute atomic E-state index is 13.1. The van der Waals surface area contributed by atoms with Crippen LogP contribution in [0.4, 0.5) is 4.39 Å². The number of H-pyrrole nitrogens is 1. The van der Waals surface area contributed by atoms with Crippen LogP contribution in [0.1, 0.15) is 13.8 Å². The van der Waals surface area contributed by atoms with Gasteiger partial charge in [0, 0.05) is 13.1 Å². The summed E-state index contributed by atoms with van der Waals surface area (Å²) < 4.78 is 14.7. The van der Waals surface area contributed by atoms with Crippen LogP contribution in [0.2, 0.25) is 0 Å². The number of likely N-dealkylation sites (N-methyl/N-ethyl adjacent to an activating group) is 1. The lowest BCUT2D eigenvalue weighted by molar-refractivity contribution is 0.290. The van der Waals surface area contributed by atoms with Gasteiger partial charge in [-0.15, -0.1) is 0 Å². The largest absolute Gasteiger partial charge is 0.326 e. The quantitative estimate of drug-likeness (QED) is 0.880. The van der Waals surface area contributed by atoms with E-state index in [4.69, 9.17) is 0 Å². The van der Waals surface area contributed by atoms with Crippen molar-refractivity contribution in [3.05, 3.63) is 34.5 Å². The molecule has 5 heteroatoms. The van der Waals surface area contributed by atoms with Crippen molar-refractivity contribution in [2.75, 3.05) is 19.6 Å². The standard InChI is InChI=1S/C13H18FN3O/c1-3-16(4-2)7-8-17-12-6-5-10(14)9-11(12)15-13(17)18/h5-6,9H,3-4,7-8H2,1-2H3,(H,15,18). The van der Waals surface area contributed by atoms with Gasteiger partial charge in [0.2, 0.25) is 0 Å². The molecule has 0 saturated heterocycles. The number of fused-ring (bicyclic) bond motifs is 1. The number of rotatable bonds is 5. The minimum atomic E-state index is -0.334. The normalized spacial score (nSPS) is 11.6. The molecule has 1 aromatic heterocycles. The molecule has 98 valence electrons. The molecule has 0 unspecified atom stereocenters. The highest BCUT2D eigenvalue weighted by atomic mass is 19.1. The number of aromatic nitrogens is 2. The van der Waals surface area contributed by atoms with E-state index >= 15 is 0 Å². The van der Waals surface area contributed by atoms with Gasteiger partial charge in [-0.25, -0.2) is 9.18 Å². The topological polar surface area (TPSA) is 41.0 Å². The summed E-state index contributed by atoms with van der Waals surface area (Å²) in [5.41, 5.74) is 1.14. The number of aromatic amines is 1. The van der Waals surface area contributed by atoms with Gasteiger partial charge in [-0.3, -0.25) is 4.57 Å². The zero-order valence-corrected chi connectivity index (χ0v) is 10.7. The van der Waals surface area contributed by atoms with Crippen molar-refractivity contribution in [2.45, 2.75) is 20.4 Å². The average Bonchev–Trinajstić information content (AvgIpc) is 2.66. The zero-order valence-electron chi connectivity index (χ0n) is 10.7. The van der Waals surface area contributed by atoms with Crippen molar-refractivity contribution in [2.24, 2.45) is 0 Å². The van der Waals surface area contributed by atoms with Crippen LogP contribution in [0.3, 0.4) is 0 Å². The summed E-state index contributed by atoms with van der Waals surface area (Å²) >= 11 is 0. The molecule has 2 rings (SSSR count). The van der Waals surface area contributed by atoms with Crippen LogP contribution in [0.15, 0.2) is 23.0 Å². The van der Waals surface area contributed by atoms with Crippen LogP contribution < -0.4 is 5.69 Å². The van der Waals surface area contributed by atoms with Crippen molar-refractivity contribution in [1.29, 1.82) is 0 Å². The number of nitrogens with zero attached hydrogens (tertiary/aromatic N) is 2. The number of halogens is 1. The second-order valence-corrected chi connectivity index (χ2v) is 4.27. The van der Waals surface area contributed by atoms with E-state index in [1.165, 1.54) is 12.1 Å². The Kier molecular flexibility index (Phi) is 3.81. The van der Waals surface area contributed by atoms with Gasteiger partial charge in [-0.2, -0.15) is 0 Å². The molecule has 0 bridgehead atoms. The van der Waals surface area contributed by atoms with Crippen molar-refractivity contribution >= 4 is 11.0 Å². The van der Waals surface area contributed by atoms with Crippen molar-refractivity contribution in [1.82, 2.24) is 14.5 Å². The molecule has 1 heterocycles. The fraction of sp³-hybridized carbons (Fsp3) is 0.462. The van der Waals surface area contributed by atoms with Crippen LogP contribution in [-0.2, 0) is 6.54 Å². The summed E-state index contributed by atoms with van der Waals surface area (Å²) in [6, 6.07) is 4.37. The minimum Gasteiger partial charge on any atom is -0.305 e. The van der Waals surface area contributed by atoms with Gasteiger partial charge in [-0.05, 0) is 31.3 Å². The molecule has 0 amide bonds. The zero-order chi connectivity index (χ0) is 13.1. The predicted octanol–water partition coefficient (Wildman–Crippen LogP) is 1.81. The Bertz CT molecular complexity index is 583. The molecule has 2 aromatic rings. The Balaban J connectivity index is 2.28. The Hall–Kier alpha value is -1.62. The third-order valence-electron chi connectivity index (χ3n) is 3.27. The minimum absolute atomic E-state index is 0.178. The van der Waals surface area contributed by atoms with Gasteiger partial charge in [0.15, 0.2) is 0 Å². The molecule has 0 spiro atoms. The summed E-state index contributed by atoms with van der Waals surface area (Å²) in [6.45, 7) is 7.54. The maximum atomic E-state index is 13.1. The maximum Gasteiger partial charge on any atom is 0.326 e. The molecule has 0 saturated carbocycles. The molecule has 0 radical (unpaired) electrons. The Morgan fingerprint density at radius 3 is 2.72 bits per heavy atom. The fourth-order valence-electron chi connectivity index (χ4n) is 2.14. The lowest BCUT2D eigenvalue weighted by atomic mass is 10.3. The van der Waals surface area contributed by atoms with Crippen LogP contribution in [0.25, 0.3) is 11.0 Å². The first-order chi connectivity index (χ1) is 8.65. The molecular weight excluding hydrogens is 233 g/mol. The summed E-state index contributed by atoms with van der Waals surface area (Å²) in [4.78, 5) is 16.7. The molecular formula is C13H18FN3O. The fourth-order valence-corrected chi connectivity index (χ4v) is 2.14. The smallest absolute Gasteiger partial charge is 0.305 e. The van der Waals surface area contributed by atoms with E-state index in [9.17, 15) is 9.18 Å². The monoisotopic (exact) mass is 251 g/mol. The van der Waals surface area contributed by atoms with Crippen LogP contribution in [-0.4, -0.2) is 34.1 Å². The number of benzene rings is 1. The number of nitrogens with one attached hydrogen (secondary N) is 1. The van der Waals surface area contributed by atoms with Gasteiger partial charge >= 0.3 is 5.69 Å². The van der Waals surface area contributed by atoms with Gasteiger partial charge in [0.05, 0.1) is 11.0 Å². The Morgan fingerprint density at radius 1 is 1.33 bits per heavy atom. The summed E-state index contributed by atoms with van der Waals surface area (Å²) in [6.07, 6.45) is 0. The molecule has 0 aliphatic rings. The van der Waals surface area contributed by atoms with Gasteiger partial charge in [-0.1, -0.05) is 13.8 Å². The van der Waals surface area contributed by atoms with Crippen LogP contribution >= 0.6 is 0 Å². The lowest BCUT2D eigenvalue weighted by Crippen LogP contribution is -2.30. The molecule has 0 aliphatic heterocycles. The first kappa shape index (κ1) is 12.8. The average molecular weight is 251 g/mol. The van der Waals surface area contributed by atoms with E-state index < -0.39 is 0 Å². The van der Waals surface area contributed by atoms with E-state index in [0.717, 1.165) is 25.2 Å². The highest BCUT2D eigenvalue weighted by molar-refractivity contribution is 5.75. The van der Waals surface area contributed by atoms with Crippen molar-refractivity contribution in [3.8, 4) is 0 Å². The molecule has 1 N–H and O–H groups in total.